The molecule has 9 heavy (non-hydrogen) atoms. The van der Waals surface area contributed by atoms with E-state index in [1.165, 1.54) is 6.92 Å². The van der Waals surface area contributed by atoms with Crippen molar-refractivity contribution in [2.45, 2.75) is 13.2 Å². The summed E-state index contributed by atoms with van der Waals surface area (Å²) in [5, 5.41) is 10.6. The van der Waals surface area contributed by atoms with Crippen LogP contribution in [0.4, 0.5) is 0 Å². The maximum Gasteiger partial charge on any atom is 0.296 e. The van der Waals surface area contributed by atoms with Crippen molar-refractivity contribution in [2.24, 2.45) is 5.29 Å². The van der Waals surface area contributed by atoms with E-state index in [2.05, 4.69) is 10.1 Å². The van der Waals surface area contributed by atoms with Crippen LogP contribution in [-0.2, 0) is 4.84 Å². The average molecular weight is 135 g/mol. The van der Waals surface area contributed by atoms with Crippen LogP contribution in [0.5, 0.6) is 0 Å². The minimum absolute atomic E-state index is 0.988. The Kier molecular flexibility index (Phi) is 3.03. The number of hydrogen-bond acceptors (Lipinski definition) is 5. The molecule has 0 aromatic heterocycles. The van der Waals surface area contributed by atoms with E-state index in [1.54, 1.807) is 5.43 Å². The van der Waals surface area contributed by atoms with Crippen LogP contribution in [0.2, 0.25) is 0 Å². The normalized spacial score (nSPS) is 11.7. The lowest BCUT2D eigenvalue weighted by molar-refractivity contribution is -0.769. The Morgan fingerprint density at radius 2 is 2.44 bits per heavy atom. The third-order valence-corrected chi connectivity index (χ3v) is 0.479. The molecule has 0 amide bonds. The number of hydrogen-bond donors (Lipinski definition) is 1. The SMILES string of the molecule is CC(NN=O)O[N+](=O)[O-]. The second-order valence-electron chi connectivity index (χ2n) is 1.19. The second kappa shape index (κ2) is 3.58. The van der Waals surface area contributed by atoms with Gasteiger partial charge in [-0.25, -0.2) is 5.43 Å². The van der Waals surface area contributed by atoms with Crippen molar-refractivity contribution in [1.82, 2.24) is 5.43 Å². The molecule has 0 bridgehead atoms. The molecular weight excluding hydrogens is 130 g/mol. The molecule has 7 nitrogen and oxygen atoms in total. The standard InChI is InChI=1S/C2H5N3O4/c1-2(3-4-6)9-5(7)8/h2H,1H3,(H,3,6). The zero-order chi connectivity index (χ0) is 7.28. The Hall–Kier alpha value is -1.40. The van der Waals surface area contributed by atoms with Crippen molar-refractivity contribution in [3.05, 3.63) is 15.0 Å². The molecule has 0 aliphatic heterocycles. The first-order valence-corrected chi connectivity index (χ1v) is 2.06. The summed E-state index contributed by atoms with van der Waals surface area (Å²) in [5.41, 5.74) is 1.78. The average Bonchev–Trinajstić information content (AvgIpc) is 1.63. The third-order valence-electron chi connectivity index (χ3n) is 0.479. The van der Waals surface area contributed by atoms with Crippen molar-refractivity contribution in [3.63, 3.8) is 0 Å². The monoisotopic (exact) mass is 135 g/mol. The molecule has 0 aliphatic carbocycles. The first kappa shape index (κ1) is 7.60. The lowest BCUT2D eigenvalue weighted by Crippen LogP contribution is -2.25. The van der Waals surface area contributed by atoms with Crippen molar-refractivity contribution < 1.29 is 9.92 Å². The summed E-state index contributed by atoms with van der Waals surface area (Å²) in [4.78, 5) is 22.6. The van der Waals surface area contributed by atoms with Gasteiger partial charge in [0.25, 0.3) is 5.09 Å². The van der Waals surface area contributed by atoms with Gasteiger partial charge in [-0.05, 0) is 6.92 Å². The first-order chi connectivity index (χ1) is 4.16. The van der Waals surface area contributed by atoms with E-state index in [-0.39, 0.29) is 0 Å². The fraction of sp³-hybridized carbons (Fsp3) is 1.00. The molecule has 0 aliphatic rings. The molecule has 52 valence electrons. The van der Waals surface area contributed by atoms with Gasteiger partial charge in [0, 0.05) is 0 Å². The zero-order valence-electron chi connectivity index (χ0n) is 4.60. The van der Waals surface area contributed by atoms with Gasteiger partial charge in [-0.15, -0.1) is 15.0 Å². The highest BCUT2D eigenvalue weighted by Crippen LogP contribution is 1.83. The highest BCUT2D eigenvalue weighted by atomic mass is 17.0. The lowest BCUT2D eigenvalue weighted by Gasteiger charge is -2.03. The highest BCUT2D eigenvalue weighted by molar-refractivity contribution is 4.33. The molecule has 0 heterocycles. The molecule has 1 unspecified atom stereocenters. The predicted octanol–water partition coefficient (Wildman–Crippen LogP) is -0.188. The van der Waals surface area contributed by atoms with E-state index in [0.29, 0.717) is 0 Å². The summed E-state index contributed by atoms with van der Waals surface area (Å²) in [6, 6.07) is 0. The minimum atomic E-state index is -1.01. The maximum atomic E-state index is 9.48. The van der Waals surface area contributed by atoms with Gasteiger partial charge in [-0.2, -0.15) is 0 Å². The van der Waals surface area contributed by atoms with E-state index in [0.717, 1.165) is 0 Å². The molecular formula is C2H5N3O4. The maximum absolute atomic E-state index is 9.48. The quantitative estimate of drug-likeness (QED) is 0.249. The number of nitroso groups, excluding NO2 is 1. The molecule has 0 radical (unpaired) electrons. The summed E-state index contributed by atoms with van der Waals surface area (Å²) in [5.74, 6) is 0. The predicted molar refractivity (Wildman–Crippen MR) is 26.5 cm³/mol. The summed E-state index contributed by atoms with van der Waals surface area (Å²) in [7, 11) is 0. The van der Waals surface area contributed by atoms with Crippen LogP contribution < -0.4 is 5.43 Å². The van der Waals surface area contributed by atoms with Gasteiger partial charge < -0.3 is 0 Å². The summed E-state index contributed by atoms with van der Waals surface area (Å²) >= 11 is 0. The lowest BCUT2D eigenvalue weighted by atomic mass is 10.7. The minimum Gasteiger partial charge on any atom is -0.288 e. The highest BCUT2D eigenvalue weighted by Gasteiger charge is 2.03. The Bertz CT molecular complexity index is 114. The van der Waals surface area contributed by atoms with Crippen molar-refractivity contribution in [1.29, 1.82) is 0 Å². The third kappa shape index (κ3) is 4.45. The van der Waals surface area contributed by atoms with Gasteiger partial charge in [-0.3, -0.25) is 4.84 Å². The smallest absolute Gasteiger partial charge is 0.288 e. The van der Waals surface area contributed by atoms with Crippen molar-refractivity contribution >= 4 is 0 Å². The second-order valence-corrected chi connectivity index (χ2v) is 1.19. The molecule has 0 saturated heterocycles. The number of nitrogens with one attached hydrogen (secondary N) is 1. The molecule has 0 fully saturated rings. The van der Waals surface area contributed by atoms with Gasteiger partial charge in [0.2, 0.25) is 0 Å². The number of nitrogens with zero attached hydrogens (tertiary/aromatic N) is 2. The largest absolute Gasteiger partial charge is 0.296 e. The van der Waals surface area contributed by atoms with Crippen molar-refractivity contribution in [2.75, 3.05) is 0 Å². The summed E-state index contributed by atoms with van der Waals surface area (Å²) < 4.78 is 0. The summed E-state index contributed by atoms with van der Waals surface area (Å²) in [6.07, 6.45) is -0.988. The molecule has 0 rings (SSSR count). The first-order valence-electron chi connectivity index (χ1n) is 2.06. The van der Waals surface area contributed by atoms with Gasteiger partial charge in [0.1, 0.15) is 0 Å². The van der Waals surface area contributed by atoms with E-state index in [1.807, 2.05) is 0 Å². The Balaban J connectivity index is 3.37. The van der Waals surface area contributed by atoms with Gasteiger partial charge >= 0.3 is 0 Å². The van der Waals surface area contributed by atoms with E-state index >= 15 is 0 Å². The molecule has 7 heteroatoms. The fourth-order valence-electron chi connectivity index (χ4n) is 0.227. The van der Waals surface area contributed by atoms with Crippen LogP contribution >= 0.6 is 0 Å². The van der Waals surface area contributed by atoms with Crippen LogP contribution in [0, 0.1) is 15.0 Å². The zero-order valence-corrected chi connectivity index (χ0v) is 4.60. The summed E-state index contributed by atoms with van der Waals surface area (Å²) in [6.45, 7) is 1.28. The van der Waals surface area contributed by atoms with Gasteiger partial charge in [0.05, 0.1) is 5.29 Å². The van der Waals surface area contributed by atoms with Gasteiger partial charge in [-0.1, -0.05) is 0 Å². The Morgan fingerprint density at radius 1 is 1.89 bits per heavy atom. The number of rotatable bonds is 4. The van der Waals surface area contributed by atoms with Crippen molar-refractivity contribution in [3.8, 4) is 0 Å². The van der Waals surface area contributed by atoms with Crippen LogP contribution in [-0.4, -0.2) is 11.3 Å². The molecule has 0 spiro atoms. The Labute approximate surface area is 50.0 Å². The van der Waals surface area contributed by atoms with Gasteiger partial charge in [0.15, 0.2) is 6.23 Å². The van der Waals surface area contributed by atoms with Crippen LogP contribution in [0.1, 0.15) is 6.92 Å². The topological polar surface area (TPSA) is 93.8 Å². The molecule has 1 N–H and O–H groups in total. The Morgan fingerprint density at radius 3 is 2.78 bits per heavy atom. The fourth-order valence-corrected chi connectivity index (χ4v) is 0.227. The van der Waals surface area contributed by atoms with E-state index in [9.17, 15) is 15.0 Å². The van der Waals surface area contributed by atoms with E-state index < -0.39 is 11.3 Å². The van der Waals surface area contributed by atoms with Crippen LogP contribution in [0.25, 0.3) is 0 Å². The molecule has 0 aromatic rings. The van der Waals surface area contributed by atoms with E-state index in [4.69, 9.17) is 0 Å². The van der Waals surface area contributed by atoms with Crippen LogP contribution in [0.15, 0.2) is 5.29 Å². The molecule has 1 atom stereocenters. The molecule has 0 saturated carbocycles. The molecule has 0 aromatic carbocycles. The van der Waals surface area contributed by atoms with Crippen LogP contribution in [0.3, 0.4) is 0 Å².